The molecule has 0 aliphatic carbocycles. The summed E-state index contributed by atoms with van der Waals surface area (Å²) in [6.45, 7) is 5.95. The van der Waals surface area contributed by atoms with Gasteiger partial charge in [0.25, 0.3) is 0 Å². The van der Waals surface area contributed by atoms with Gasteiger partial charge < -0.3 is 10.1 Å². The Kier molecular flexibility index (Phi) is 4.37. The van der Waals surface area contributed by atoms with E-state index in [0.29, 0.717) is 0 Å². The number of ether oxygens (including phenoxy) is 1. The molecule has 2 nitrogen and oxygen atoms in total. The van der Waals surface area contributed by atoms with Crippen molar-refractivity contribution in [1.82, 2.24) is 5.32 Å². The van der Waals surface area contributed by atoms with Crippen molar-refractivity contribution >= 4 is 0 Å². The average Bonchev–Trinajstić information content (AvgIpc) is 2.40. The summed E-state index contributed by atoms with van der Waals surface area (Å²) in [4.78, 5) is 0. The molecule has 0 fully saturated rings. The Bertz CT molecular complexity index is 508. The third-order valence-electron chi connectivity index (χ3n) is 2.85. The van der Waals surface area contributed by atoms with E-state index in [-0.39, 0.29) is 0 Å². The van der Waals surface area contributed by atoms with Gasteiger partial charge in [-0.2, -0.15) is 0 Å². The summed E-state index contributed by atoms with van der Waals surface area (Å²) in [6.07, 6.45) is 0. The number of nitrogens with one attached hydrogen (secondary N) is 1. The number of rotatable bonds is 5. The van der Waals surface area contributed by atoms with Crippen LogP contribution in [0.5, 0.6) is 11.5 Å². The fourth-order valence-electron chi connectivity index (χ4n) is 1.80. The standard InChI is InChI=1S/C16H19NO/c1-3-17-12-14-9-5-7-11-16(14)18-15-10-6-4-8-13(15)2/h4-11,17H,3,12H2,1-2H3. The van der Waals surface area contributed by atoms with Crippen LogP contribution < -0.4 is 10.1 Å². The van der Waals surface area contributed by atoms with E-state index < -0.39 is 0 Å². The first kappa shape index (κ1) is 12.7. The Hall–Kier alpha value is -1.80. The maximum Gasteiger partial charge on any atom is 0.131 e. The van der Waals surface area contributed by atoms with Crippen LogP contribution in [-0.4, -0.2) is 6.54 Å². The minimum Gasteiger partial charge on any atom is -0.457 e. The van der Waals surface area contributed by atoms with Crippen LogP contribution >= 0.6 is 0 Å². The van der Waals surface area contributed by atoms with Gasteiger partial charge in [0.2, 0.25) is 0 Å². The van der Waals surface area contributed by atoms with Gasteiger partial charge in [0.1, 0.15) is 11.5 Å². The van der Waals surface area contributed by atoms with Crippen molar-refractivity contribution in [2.24, 2.45) is 0 Å². The molecule has 0 saturated heterocycles. The van der Waals surface area contributed by atoms with E-state index in [9.17, 15) is 0 Å². The van der Waals surface area contributed by atoms with E-state index in [1.54, 1.807) is 0 Å². The second-order valence-corrected chi connectivity index (χ2v) is 4.26. The molecule has 0 aliphatic heterocycles. The van der Waals surface area contributed by atoms with Crippen molar-refractivity contribution in [2.45, 2.75) is 20.4 Å². The van der Waals surface area contributed by atoms with E-state index in [4.69, 9.17) is 4.74 Å². The van der Waals surface area contributed by atoms with Gasteiger partial charge in [-0.1, -0.05) is 43.3 Å². The van der Waals surface area contributed by atoms with Crippen LogP contribution in [0.3, 0.4) is 0 Å². The van der Waals surface area contributed by atoms with Gasteiger partial charge in [-0.05, 0) is 31.2 Å². The van der Waals surface area contributed by atoms with Gasteiger partial charge in [-0.15, -0.1) is 0 Å². The molecule has 2 heteroatoms. The first-order chi connectivity index (χ1) is 8.81. The lowest BCUT2D eigenvalue weighted by atomic mass is 10.2. The maximum atomic E-state index is 6.00. The number of hydrogen-bond donors (Lipinski definition) is 1. The summed E-state index contributed by atoms with van der Waals surface area (Å²) < 4.78 is 6.00. The first-order valence-corrected chi connectivity index (χ1v) is 6.33. The van der Waals surface area contributed by atoms with E-state index >= 15 is 0 Å². The second-order valence-electron chi connectivity index (χ2n) is 4.26. The lowest BCUT2D eigenvalue weighted by molar-refractivity contribution is 0.470. The third kappa shape index (κ3) is 3.11. The highest BCUT2D eigenvalue weighted by Gasteiger charge is 2.05. The number of para-hydroxylation sites is 2. The van der Waals surface area contributed by atoms with E-state index in [1.165, 1.54) is 5.56 Å². The summed E-state index contributed by atoms with van der Waals surface area (Å²) in [5.41, 5.74) is 2.33. The SMILES string of the molecule is CCNCc1ccccc1Oc1ccccc1C. The minimum atomic E-state index is 0.832. The Morgan fingerprint density at radius 1 is 0.944 bits per heavy atom. The molecule has 0 aromatic heterocycles. The molecule has 0 amide bonds. The zero-order chi connectivity index (χ0) is 12.8. The highest BCUT2D eigenvalue weighted by Crippen LogP contribution is 2.27. The van der Waals surface area contributed by atoms with Crippen LogP contribution in [-0.2, 0) is 6.54 Å². The predicted octanol–water partition coefficient (Wildman–Crippen LogP) is 3.90. The van der Waals surface area contributed by atoms with Crippen molar-refractivity contribution in [1.29, 1.82) is 0 Å². The van der Waals surface area contributed by atoms with Gasteiger partial charge >= 0.3 is 0 Å². The van der Waals surface area contributed by atoms with Crippen LogP contribution in [0.25, 0.3) is 0 Å². The molecule has 0 saturated carbocycles. The van der Waals surface area contributed by atoms with Gasteiger partial charge in [0.15, 0.2) is 0 Å². The van der Waals surface area contributed by atoms with Crippen molar-refractivity contribution in [3.8, 4) is 11.5 Å². The first-order valence-electron chi connectivity index (χ1n) is 6.33. The van der Waals surface area contributed by atoms with E-state index in [2.05, 4.69) is 31.3 Å². The Morgan fingerprint density at radius 3 is 2.33 bits per heavy atom. The molecule has 0 aliphatic rings. The number of benzene rings is 2. The summed E-state index contributed by atoms with van der Waals surface area (Å²) in [5, 5.41) is 3.33. The molecule has 0 heterocycles. The summed E-state index contributed by atoms with van der Waals surface area (Å²) in [6, 6.07) is 16.2. The molecule has 2 aromatic rings. The summed E-state index contributed by atoms with van der Waals surface area (Å²) in [7, 11) is 0. The Balaban J connectivity index is 2.21. The molecule has 1 N–H and O–H groups in total. The molecule has 0 spiro atoms. The topological polar surface area (TPSA) is 21.3 Å². The van der Waals surface area contributed by atoms with Crippen molar-refractivity contribution < 1.29 is 4.74 Å². The fourth-order valence-corrected chi connectivity index (χ4v) is 1.80. The van der Waals surface area contributed by atoms with Crippen LogP contribution in [0, 0.1) is 6.92 Å². The molecule has 0 radical (unpaired) electrons. The van der Waals surface area contributed by atoms with Gasteiger partial charge in [0, 0.05) is 12.1 Å². The fraction of sp³-hybridized carbons (Fsp3) is 0.250. The van der Waals surface area contributed by atoms with Crippen LogP contribution in [0.1, 0.15) is 18.1 Å². The van der Waals surface area contributed by atoms with Crippen LogP contribution in [0.2, 0.25) is 0 Å². The highest BCUT2D eigenvalue weighted by molar-refractivity contribution is 5.40. The molecular formula is C16H19NO. The van der Waals surface area contributed by atoms with E-state index in [0.717, 1.165) is 30.2 Å². The second kappa shape index (κ2) is 6.22. The predicted molar refractivity (Wildman–Crippen MR) is 75.1 cm³/mol. The van der Waals surface area contributed by atoms with Crippen LogP contribution in [0.4, 0.5) is 0 Å². The molecule has 94 valence electrons. The van der Waals surface area contributed by atoms with Crippen molar-refractivity contribution in [2.75, 3.05) is 6.54 Å². The smallest absolute Gasteiger partial charge is 0.131 e. The third-order valence-corrected chi connectivity index (χ3v) is 2.85. The number of aryl methyl sites for hydroxylation is 1. The molecule has 2 aromatic carbocycles. The molecule has 0 unspecified atom stereocenters. The molecule has 0 bridgehead atoms. The Labute approximate surface area is 109 Å². The van der Waals surface area contributed by atoms with E-state index in [1.807, 2.05) is 36.4 Å². The zero-order valence-corrected chi connectivity index (χ0v) is 10.9. The van der Waals surface area contributed by atoms with Gasteiger partial charge in [0.05, 0.1) is 0 Å². The van der Waals surface area contributed by atoms with Crippen molar-refractivity contribution in [3.63, 3.8) is 0 Å². The quantitative estimate of drug-likeness (QED) is 0.857. The van der Waals surface area contributed by atoms with Gasteiger partial charge in [-0.25, -0.2) is 0 Å². The van der Waals surface area contributed by atoms with Crippen LogP contribution in [0.15, 0.2) is 48.5 Å². The Morgan fingerprint density at radius 2 is 1.61 bits per heavy atom. The lowest BCUT2D eigenvalue weighted by Gasteiger charge is -2.12. The molecular weight excluding hydrogens is 222 g/mol. The largest absolute Gasteiger partial charge is 0.457 e. The normalized spacial score (nSPS) is 10.3. The lowest BCUT2D eigenvalue weighted by Crippen LogP contribution is -2.12. The molecule has 18 heavy (non-hydrogen) atoms. The average molecular weight is 241 g/mol. The minimum absolute atomic E-state index is 0.832. The maximum absolute atomic E-state index is 6.00. The van der Waals surface area contributed by atoms with Gasteiger partial charge in [-0.3, -0.25) is 0 Å². The zero-order valence-electron chi connectivity index (χ0n) is 10.9. The summed E-state index contributed by atoms with van der Waals surface area (Å²) >= 11 is 0. The summed E-state index contributed by atoms with van der Waals surface area (Å²) in [5.74, 6) is 1.84. The highest BCUT2D eigenvalue weighted by atomic mass is 16.5. The van der Waals surface area contributed by atoms with Crippen molar-refractivity contribution in [3.05, 3.63) is 59.7 Å². The molecule has 0 atom stereocenters. The molecule has 2 rings (SSSR count). The number of hydrogen-bond acceptors (Lipinski definition) is 2. The monoisotopic (exact) mass is 241 g/mol.